The predicted molar refractivity (Wildman–Crippen MR) is 119 cm³/mol. The summed E-state index contributed by atoms with van der Waals surface area (Å²) in [6, 6.07) is 12.9. The number of methoxy groups -OCH3 is 1. The second-order valence-electron chi connectivity index (χ2n) is 7.30. The molecule has 2 heterocycles. The summed E-state index contributed by atoms with van der Waals surface area (Å²) in [5, 5.41) is 0. The summed E-state index contributed by atoms with van der Waals surface area (Å²) in [6.07, 6.45) is 0. The number of nitrogens with two attached hydrogens (primary N) is 1. The monoisotopic (exact) mass is 417 g/mol. The Bertz CT molecular complexity index is 1380. The van der Waals surface area contributed by atoms with E-state index in [1.807, 2.05) is 45.0 Å². The molecule has 0 aliphatic heterocycles. The summed E-state index contributed by atoms with van der Waals surface area (Å²) in [7, 11) is 1.57. The van der Waals surface area contributed by atoms with E-state index in [2.05, 4.69) is 9.97 Å². The SMILES string of the molecule is CCn1c(=O)n(-c2ccc(C)c(C)c2)c2nc(-c3cccc(OC)c3)nc(C(N)=O)c21. The van der Waals surface area contributed by atoms with Gasteiger partial charge in [-0.1, -0.05) is 18.2 Å². The molecule has 0 aliphatic rings. The van der Waals surface area contributed by atoms with Gasteiger partial charge in [-0.3, -0.25) is 9.36 Å². The van der Waals surface area contributed by atoms with Crippen LogP contribution in [0, 0.1) is 13.8 Å². The number of primary amides is 1. The summed E-state index contributed by atoms with van der Waals surface area (Å²) in [4.78, 5) is 34.8. The van der Waals surface area contributed by atoms with Gasteiger partial charge in [0.05, 0.1) is 12.8 Å². The van der Waals surface area contributed by atoms with Crippen molar-refractivity contribution in [3.63, 3.8) is 0 Å². The number of nitrogens with zero attached hydrogens (tertiary/aromatic N) is 4. The van der Waals surface area contributed by atoms with Crippen LogP contribution in [-0.2, 0) is 6.54 Å². The van der Waals surface area contributed by atoms with Crippen molar-refractivity contribution in [3.8, 4) is 22.8 Å². The van der Waals surface area contributed by atoms with E-state index in [4.69, 9.17) is 10.5 Å². The van der Waals surface area contributed by atoms with E-state index >= 15 is 0 Å². The molecule has 0 bridgehead atoms. The third-order valence-electron chi connectivity index (χ3n) is 5.40. The molecular weight excluding hydrogens is 394 g/mol. The molecule has 0 fully saturated rings. The molecule has 8 nitrogen and oxygen atoms in total. The van der Waals surface area contributed by atoms with E-state index in [1.165, 1.54) is 9.13 Å². The Hall–Kier alpha value is -3.94. The molecule has 0 saturated carbocycles. The number of amides is 1. The minimum atomic E-state index is -0.726. The fourth-order valence-electron chi connectivity index (χ4n) is 3.61. The van der Waals surface area contributed by atoms with Crippen molar-refractivity contribution in [2.45, 2.75) is 27.3 Å². The maximum Gasteiger partial charge on any atom is 0.335 e. The Kier molecular flexibility index (Phi) is 5.06. The molecule has 0 spiro atoms. The molecule has 158 valence electrons. The maximum absolute atomic E-state index is 13.3. The zero-order valence-corrected chi connectivity index (χ0v) is 17.8. The van der Waals surface area contributed by atoms with Crippen LogP contribution in [0.3, 0.4) is 0 Å². The molecule has 2 aromatic heterocycles. The largest absolute Gasteiger partial charge is 0.497 e. The van der Waals surface area contributed by atoms with Gasteiger partial charge in [-0.2, -0.15) is 0 Å². The predicted octanol–water partition coefficient (Wildman–Crippen LogP) is 2.99. The molecule has 0 saturated heterocycles. The van der Waals surface area contributed by atoms with Gasteiger partial charge < -0.3 is 10.5 Å². The highest BCUT2D eigenvalue weighted by Crippen LogP contribution is 2.26. The Morgan fingerprint density at radius 2 is 1.87 bits per heavy atom. The molecule has 4 rings (SSSR count). The highest BCUT2D eigenvalue weighted by atomic mass is 16.5. The number of ether oxygens (including phenoxy) is 1. The van der Waals surface area contributed by atoms with Crippen LogP contribution in [0.1, 0.15) is 28.5 Å². The molecule has 0 atom stereocenters. The number of fused-ring (bicyclic) bond motifs is 1. The lowest BCUT2D eigenvalue weighted by Crippen LogP contribution is -2.23. The summed E-state index contributed by atoms with van der Waals surface area (Å²) in [6.45, 7) is 6.15. The number of rotatable bonds is 5. The summed E-state index contributed by atoms with van der Waals surface area (Å²) >= 11 is 0. The van der Waals surface area contributed by atoms with E-state index in [-0.39, 0.29) is 17.2 Å². The highest BCUT2D eigenvalue weighted by Gasteiger charge is 2.24. The topological polar surface area (TPSA) is 105 Å². The maximum atomic E-state index is 13.3. The van der Waals surface area contributed by atoms with Crippen LogP contribution in [0.25, 0.3) is 28.2 Å². The average Bonchev–Trinajstić information content (AvgIpc) is 3.05. The third-order valence-corrected chi connectivity index (χ3v) is 5.40. The lowest BCUT2D eigenvalue weighted by molar-refractivity contribution is 0.0997. The standard InChI is InChI=1S/C23H23N5O3/c1-5-27-19-18(20(24)29)25-21(15-7-6-8-17(12-15)31-4)26-22(19)28(23(27)30)16-10-9-13(2)14(3)11-16/h6-12H,5H2,1-4H3,(H2,24,29). The van der Waals surface area contributed by atoms with Crippen molar-refractivity contribution in [2.75, 3.05) is 7.11 Å². The first-order valence-corrected chi connectivity index (χ1v) is 9.90. The number of aryl methyl sites for hydroxylation is 3. The van der Waals surface area contributed by atoms with Gasteiger partial charge >= 0.3 is 5.69 Å². The first-order chi connectivity index (χ1) is 14.8. The Balaban J connectivity index is 2.12. The number of hydrogen-bond donors (Lipinski definition) is 1. The van der Waals surface area contributed by atoms with Crippen molar-refractivity contribution in [1.29, 1.82) is 0 Å². The number of carbonyl (C=O) groups excluding carboxylic acids is 1. The van der Waals surface area contributed by atoms with Crippen molar-refractivity contribution in [1.82, 2.24) is 19.1 Å². The second-order valence-corrected chi connectivity index (χ2v) is 7.30. The van der Waals surface area contributed by atoms with Crippen molar-refractivity contribution in [3.05, 3.63) is 69.8 Å². The van der Waals surface area contributed by atoms with Crippen LogP contribution in [-0.4, -0.2) is 32.1 Å². The number of imidazole rings is 1. The van der Waals surface area contributed by atoms with Crippen LogP contribution >= 0.6 is 0 Å². The zero-order chi connectivity index (χ0) is 22.3. The van der Waals surface area contributed by atoms with Gasteiger partial charge in [0.1, 0.15) is 11.3 Å². The quantitative estimate of drug-likeness (QED) is 0.537. The Labute approximate surface area is 178 Å². The highest BCUT2D eigenvalue weighted by molar-refractivity contribution is 6.02. The third kappa shape index (κ3) is 3.35. The summed E-state index contributed by atoms with van der Waals surface area (Å²) in [5.41, 5.74) is 9.48. The summed E-state index contributed by atoms with van der Waals surface area (Å²) < 4.78 is 8.27. The molecule has 2 aromatic carbocycles. The normalized spacial score (nSPS) is 11.1. The van der Waals surface area contributed by atoms with E-state index in [0.717, 1.165) is 11.1 Å². The summed E-state index contributed by atoms with van der Waals surface area (Å²) in [5.74, 6) is 0.182. The van der Waals surface area contributed by atoms with E-state index in [9.17, 15) is 9.59 Å². The minimum absolute atomic E-state index is 0.00403. The molecule has 0 aliphatic carbocycles. The number of aromatic nitrogens is 4. The average molecular weight is 417 g/mol. The molecule has 4 aromatic rings. The van der Waals surface area contributed by atoms with Gasteiger partial charge in [0, 0.05) is 12.1 Å². The van der Waals surface area contributed by atoms with Crippen LogP contribution in [0.5, 0.6) is 5.75 Å². The van der Waals surface area contributed by atoms with Gasteiger partial charge in [-0.05, 0) is 56.2 Å². The van der Waals surface area contributed by atoms with Gasteiger partial charge in [0.15, 0.2) is 17.2 Å². The van der Waals surface area contributed by atoms with Crippen LogP contribution in [0.2, 0.25) is 0 Å². The fraction of sp³-hybridized carbons (Fsp3) is 0.217. The van der Waals surface area contributed by atoms with Crippen LogP contribution in [0.15, 0.2) is 47.3 Å². The lowest BCUT2D eigenvalue weighted by Gasteiger charge is -2.09. The molecule has 8 heteroatoms. The van der Waals surface area contributed by atoms with Crippen molar-refractivity contribution < 1.29 is 9.53 Å². The van der Waals surface area contributed by atoms with Crippen molar-refractivity contribution >= 4 is 17.1 Å². The molecule has 31 heavy (non-hydrogen) atoms. The lowest BCUT2D eigenvalue weighted by atomic mass is 10.1. The fourth-order valence-corrected chi connectivity index (χ4v) is 3.61. The number of benzene rings is 2. The Morgan fingerprint density at radius 3 is 2.52 bits per heavy atom. The van der Waals surface area contributed by atoms with Gasteiger partial charge in [0.25, 0.3) is 5.91 Å². The minimum Gasteiger partial charge on any atom is -0.497 e. The zero-order valence-electron chi connectivity index (χ0n) is 17.8. The molecule has 2 N–H and O–H groups in total. The first kappa shape index (κ1) is 20.3. The number of hydrogen-bond acceptors (Lipinski definition) is 5. The Morgan fingerprint density at radius 1 is 1.10 bits per heavy atom. The first-order valence-electron chi connectivity index (χ1n) is 9.90. The van der Waals surface area contributed by atoms with Gasteiger partial charge in [-0.25, -0.2) is 19.3 Å². The van der Waals surface area contributed by atoms with Crippen LogP contribution < -0.4 is 16.2 Å². The molecule has 0 radical (unpaired) electrons. The molecule has 0 unspecified atom stereocenters. The molecule has 1 amide bonds. The van der Waals surface area contributed by atoms with Crippen molar-refractivity contribution in [2.24, 2.45) is 5.73 Å². The van der Waals surface area contributed by atoms with E-state index in [0.29, 0.717) is 34.7 Å². The molecular formula is C23H23N5O3. The van der Waals surface area contributed by atoms with Gasteiger partial charge in [-0.15, -0.1) is 0 Å². The smallest absolute Gasteiger partial charge is 0.335 e. The van der Waals surface area contributed by atoms with E-state index < -0.39 is 5.91 Å². The van der Waals surface area contributed by atoms with Gasteiger partial charge in [0.2, 0.25) is 0 Å². The number of carbonyl (C=O) groups is 1. The second kappa shape index (κ2) is 7.71. The van der Waals surface area contributed by atoms with E-state index in [1.54, 1.807) is 25.3 Å². The van der Waals surface area contributed by atoms with Crippen LogP contribution in [0.4, 0.5) is 0 Å².